The minimum Gasteiger partial charge on any atom is -0.507 e. The zero-order valence-electron chi connectivity index (χ0n) is 47.7. The highest BCUT2D eigenvalue weighted by atomic mass is 16.7. The Hall–Kier alpha value is -5.91. The predicted octanol–water partition coefficient (Wildman–Crippen LogP) is -7.49. The fourth-order valence-electron chi connectivity index (χ4n) is 11.6. The highest BCUT2D eigenvalue weighted by Gasteiger charge is 2.57. The number of hydrogen-bond donors (Lipinski definition) is 18. The number of hydrogen-bond acceptors (Lipinski definition) is 31. The summed E-state index contributed by atoms with van der Waals surface area (Å²) in [5.74, 6) is -10.0. The number of Topliss-reactive ketones (excluding diaryl/α,β-unsaturated/α-hetero) is 1. The van der Waals surface area contributed by atoms with Gasteiger partial charge in [0.1, 0.15) is 96.2 Å². The van der Waals surface area contributed by atoms with Crippen LogP contribution in [-0.2, 0) is 67.1 Å². The molecule has 8 rings (SSSR count). The summed E-state index contributed by atoms with van der Waals surface area (Å²) in [6, 6.07) is 1.56. The van der Waals surface area contributed by atoms with Crippen LogP contribution in [0.15, 0.2) is 24.4 Å². The Morgan fingerprint density at radius 1 is 0.875 bits per heavy atom. The number of aliphatic carboxylic acids is 1. The number of aromatic nitrogens is 3. The number of ketones is 3. The summed E-state index contributed by atoms with van der Waals surface area (Å²) in [7, 11) is 2.38. The molecule has 3 aromatic rings. The van der Waals surface area contributed by atoms with E-state index in [1.807, 2.05) is 0 Å². The molecule has 18 N–H and O–H groups in total. The maximum atomic E-state index is 14.1. The van der Waals surface area contributed by atoms with Crippen molar-refractivity contribution in [3.05, 3.63) is 63.5 Å². The first-order valence-electron chi connectivity index (χ1n) is 27.8. The summed E-state index contributed by atoms with van der Waals surface area (Å²) in [6.45, 7) is -1.80. The molecule has 5 aliphatic rings. The van der Waals surface area contributed by atoms with Crippen LogP contribution in [0.25, 0.3) is 0 Å². The van der Waals surface area contributed by atoms with Crippen molar-refractivity contribution in [3.8, 4) is 17.2 Å². The van der Waals surface area contributed by atoms with Gasteiger partial charge in [-0.3, -0.25) is 19.2 Å². The molecular formula is C54H73N5O29. The number of nitrogens with one attached hydrogen (secondary N) is 2. The lowest BCUT2D eigenvalue weighted by atomic mass is 9.72. The number of nitrogens with zero attached hydrogens (tertiary/aromatic N) is 3. The first kappa shape index (κ1) is 68.0. The van der Waals surface area contributed by atoms with Crippen molar-refractivity contribution in [3.63, 3.8) is 0 Å². The minimum atomic E-state index is -2.83. The number of carbonyl (C=O) groups is 5. The van der Waals surface area contributed by atoms with Crippen molar-refractivity contribution in [2.75, 3.05) is 40.6 Å². The average molecular weight is 1260 g/mol. The van der Waals surface area contributed by atoms with Gasteiger partial charge in [-0.25, -0.2) is 9.48 Å². The Morgan fingerprint density at radius 2 is 1.57 bits per heavy atom. The van der Waals surface area contributed by atoms with E-state index < -0.39 is 238 Å². The molecule has 3 saturated heterocycles. The van der Waals surface area contributed by atoms with Gasteiger partial charge in [0.15, 0.2) is 24.1 Å². The van der Waals surface area contributed by atoms with Crippen LogP contribution in [0.3, 0.4) is 0 Å². The molecule has 0 radical (unpaired) electrons. The molecule has 1 amide bonds. The molecule has 0 saturated carbocycles. The predicted molar refractivity (Wildman–Crippen MR) is 284 cm³/mol. The van der Waals surface area contributed by atoms with Gasteiger partial charge in [0.05, 0.1) is 92.9 Å². The number of aliphatic hydroxyl groups is 13. The van der Waals surface area contributed by atoms with E-state index >= 15 is 0 Å². The second-order valence-corrected chi connectivity index (χ2v) is 22.3. The summed E-state index contributed by atoms with van der Waals surface area (Å²) in [5.41, 5.74) is -4.64. The van der Waals surface area contributed by atoms with Crippen LogP contribution in [0.2, 0.25) is 0 Å². The lowest BCUT2D eigenvalue weighted by molar-refractivity contribution is -0.336. The molecular weight excluding hydrogens is 1180 g/mol. The summed E-state index contributed by atoms with van der Waals surface area (Å²) >= 11 is 0. The van der Waals surface area contributed by atoms with E-state index in [-0.39, 0.29) is 40.1 Å². The van der Waals surface area contributed by atoms with E-state index in [4.69, 9.17) is 37.9 Å². The monoisotopic (exact) mass is 1260 g/mol. The molecule has 2 aliphatic carbocycles. The molecule has 88 heavy (non-hydrogen) atoms. The van der Waals surface area contributed by atoms with E-state index in [0.717, 1.165) is 18.7 Å². The minimum absolute atomic E-state index is 0.00777. The van der Waals surface area contributed by atoms with Gasteiger partial charge < -0.3 is 130 Å². The Kier molecular flexibility index (Phi) is 21.4. The van der Waals surface area contributed by atoms with Crippen LogP contribution in [0, 0.1) is 0 Å². The molecule has 4 heterocycles. The van der Waals surface area contributed by atoms with E-state index in [0.29, 0.717) is 0 Å². The summed E-state index contributed by atoms with van der Waals surface area (Å²) < 4.78 is 45.6. The Bertz CT molecular complexity index is 3020. The Morgan fingerprint density at radius 3 is 2.23 bits per heavy atom. The van der Waals surface area contributed by atoms with E-state index in [1.54, 1.807) is 0 Å². The number of carbonyl (C=O) groups excluding carboxylic acids is 4. The molecule has 0 spiro atoms. The van der Waals surface area contributed by atoms with Crippen molar-refractivity contribution < 1.29 is 144 Å². The number of phenolic OH excluding ortho intramolecular Hbond substituents is 2. The molecule has 3 aliphatic heterocycles. The average Bonchev–Trinajstić information content (AvgIpc) is 0.817. The number of carboxylic acids is 1. The van der Waals surface area contributed by atoms with E-state index in [1.165, 1.54) is 38.4 Å². The fourth-order valence-corrected chi connectivity index (χ4v) is 11.6. The number of phenols is 2. The molecule has 1 aromatic heterocycles. The van der Waals surface area contributed by atoms with Crippen molar-refractivity contribution in [2.45, 2.75) is 180 Å². The fraction of sp³-hybridized carbons (Fsp3) is 0.648. The largest absolute Gasteiger partial charge is 0.507 e. The quantitative estimate of drug-likeness (QED) is 0.0274. The third-order valence-electron chi connectivity index (χ3n) is 16.4. The zero-order chi connectivity index (χ0) is 64.6. The van der Waals surface area contributed by atoms with Crippen LogP contribution in [0.1, 0.15) is 87.9 Å². The standard InChI is InChI=1S/C54H73N5O29/c1-19-39(67)24(8-33(85-19)86-30-11-53(80,32(66)15-60)9-23-35(30)47(75)37-36(41(23)69)40(68)22-6-5-7-29(81-3)34(22)46(37)74)55-12-26(63)42(70)43(71)28(65)17-83-16-21-13-59(58-57-21)14-27(64)44(72)50-38(56-20(2)61)25(62)10-54(88-50,52(78)79)84-18-31-45(73)48(76)49(77)51(82-4)87-31/h5-7,13,19,24-28,30-31,33,38-39,42-45,48-51,55,60,62-65,67,69-73,75-77,80H,8-12,14-18H2,1-4H3,(H,56,61)(H,78,79). The van der Waals surface area contributed by atoms with Crippen LogP contribution < -0.4 is 15.4 Å². The number of ether oxygens (including phenoxy) is 8. The molecule has 34 nitrogen and oxygen atoms in total. The van der Waals surface area contributed by atoms with Crippen molar-refractivity contribution in [2.24, 2.45) is 0 Å². The van der Waals surface area contributed by atoms with Gasteiger partial charge in [-0.15, -0.1) is 5.10 Å². The lowest BCUT2D eigenvalue weighted by Gasteiger charge is -2.47. The molecule has 34 heteroatoms. The molecule has 0 bridgehead atoms. The highest BCUT2D eigenvalue weighted by Crippen LogP contribution is 2.53. The van der Waals surface area contributed by atoms with Gasteiger partial charge >= 0.3 is 5.97 Å². The first-order valence-corrected chi connectivity index (χ1v) is 27.8. The normalized spacial score (nSPS) is 32.6. The number of fused-ring (bicyclic) bond motifs is 3. The number of amides is 1. The van der Waals surface area contributed by atoms with Crippen molar-refractivity contribution in [1.29, 1.82) is 0 Å². The van der Waals surface area contributed by atoms with Gasteiger partial charge in [-0.05, 0) is 13.0 Å². The van der Waals surface area contributed by atoms with Crippen LogP contribution >= 0.6 is 0 Å². The molecule has 21 atom stereocenters. The van der Waals surface area contributed by atoms with E-state index in [2.05, 4.69) is 20.9 Å². The van der Waals surface area contributed by atoms with Crippen molar-refractivity contribution >= 4 is 29.2 Å². The second kappa shape index (κ2) is 27.7. The van der Waals surface area contributed by atoms with Crippen LogP contribution in [0.4, 0.5) is 0 Å². The number of aliphatic hydroxyl groups excluding tert-OH is 12. The molecule has 3 fully saturated rings. The van der Waals surface area contributed by atoms with Gasteiger partial charge in [0.2, 0.25) is 11.7 Å². The Balaban J connectivity index is 0.854. The summed E-state index contributed by atoms with van der Waals surface area (Å²) in [6.07, 6.45) is -30.8. The van der Waals surface area contributed by atoms with Gasteiger partial charge in [-0.1, -0.05) is 17.3 Å². The Labute approximate surface area is 498 Å². The van der Waals surface area contributed by atoms with Gasteiger partial charge in [-0.2, -0.15) is 0 Å². The maximum absolute atomic E-state index is 14.1. The molecule has 21 unspecified atom stereocenters. The summed E-state index contributed by atoms with van der Waals surface area (Å²) in [5, 5.41) is 188. The van der Waals surface area contributed by atoms with Crippen LogP contribution in [0.5, 0.6) is 17.2 Å². The first-order chi connectivity index (χ1) is 41.5. The van der Waals surface area contributed by atoms with Crippen LogP contribution in [-0.4, -0.2) is 288 Å². The highest BCUT2D eigenvalue weighted by molar-refractivity contribution is 6.31. The second-order valence-electron chi connectivity index (χ2n) is 22.3. The van der Waals surface area contributed by atoms with Crippen molar-refractivity contribution in [1.82, 2.24) is 25.6 Å². The summed E-state index contributed by atoms with van der Waals surface area (Å²) in [4.78, 5) is 65.9. The smallest absolute Gasteiger partial charge is 0.364 e. The third-order valence-corrected chi connectivity index (χ3v) is 16.4. The third kappa shape index (κ3) is 13.6. The molecule has 488 valence electrons. The maximum Gasteiger partial charge on any atom is 0.364 e. The number of benzene rings is 2. The number of rotatable bonds is 25. The zero-order valence-corrected chi connectivity index (χ0v) is 47.7. The lowest BCUT2D eigenvalue weighted by Crippen LogP contribution is -2.68. The number of methoxy groups -OCH3 is 2. The van der Waals surface area contributed by atoms with Gasteiger partial charge in [0, 0.05) is 69.0 Å². The number of carboxylic acid groups (broad SMARTS) is 1. The number of aromatic hydroxyl groups is 2. The molecule has 2 aromatic carbocycles. The SMILES string of the molecule is COc1cccc2c1C(=O)c1c(O)c3c(c(O)c1C2=O)CC(O)(C(=O)CO)CC3OC1CC(NCC(O)C(O)C(O)C(O)COCc2cn(CC(O)C(O)C3OC(OCC4OC(OC)C(O)C(O)C4O)(C(=O)O)CC(O)C3NC(C)=O)nn2)C(O)C(C)O1. The van der Waals surface area contributed by atoms with E-state index in [9.17, 15) is 106 Å². The van der Waals surface area contributed by atoms with Gasteiger partial charge in [0.25, 0.3) is 5.79 Å². The topological polar surface area (TPSA) is 538 Å².